The Morgan fingerprint density at radius 1 is 1.03 bits per heavy atom. The molecule has 1 saturated heterocycles. The molecule has 2 amide bonds. The van der Waals surface area contributed by atoms with Gasteiger partial charge in [0.2, 0.25) is 5.91 Å². The Kier molecular flexibility index (Phi) is 8.05. The quantitative estimate of drug-likeness (QED) is 0.613. The Bertz CT molecular complexity index is 835. The van der Waals surface area contributed by atoms with Crippen LogP contribution in [0.3, 0.4) is 0 Å². The second kappa shape index (κ2) is 11.2. The summed E-state index contributed by atoms with van der Waals surface area (Å²) in [5.74, 6) is 0.497. The molecule has 1 heterocycles. The highest BCUT2D eigenvalue weighted by Gasteiger charge is 2.18. The van der Waals surface area contributed by atoms with Crippen molar-refractivity contribution in [1.82, 2.24) is 4.90 Å². The zero-order valence-electron chi connectivity index (χ0n) is 17.1. The number of morpholine rings is 1. The van der Waals surface area contributed by atoms with Gasteiger partial charge < -0.3 is 29.7 Å². The van der Waals surface area contributed by atoms with Crippen molar-refractivity contribution >= 4 is 23.2 Å². The monoisotopic (exact) mass is 413 g/mol. The first kappa shape index (κ1) is 21.6. The van der Waals surface area contributed by atoms with Crippen molar-refractivity contribution in [2.45, 2.75) is 0 Å². The van der Waals surface area contributed by atoms with Crippen LogP contribution in [0, 0.1) is 0 Å². The van der Waals surface area contributed by atoms with Crippen molar-refractivity contribution in [3.8, 4) is 5.75 Å². The van der Waals surface area contributed by atoms with Gasteiger partial charge in [-0.3, -0.25) is 9.59 Å². The number of benzene rings is 2. The molecule has 0 aliphatic carbocycles. The summed E-state index contributed by atoms with van der Waals surface area (Å²) in [7, 11) is 1.62. The first-order valence-corrected chi connectivity index (χ1v) is 9.88. The van der Waals surface area contributed by atoms with Crippen molar-refractivity contribution in [3.63, 3.8) is 0 Å². The van der Waals surface area contributed by atoms with Crippen LogP contribution < -0.4 is 15.4 Å². The molecule has 2 aromatic carbocycles. The maximum absolute atomic E-state index is 12.6. The maximum Gasteiger partial charge on any atom is 0.254 e. The molecule has 160 valence electrons. The van der Waals surface area contributed by atoms with Gasteiger partial charge >= 0.3 is 0 Å². The summed E-state index contributed by atoms with van der Waals surface area (Å²) in [5, 5.41) is 5.89. The van der Waals surface area contributed by atoms with Crippen molar-refractivity contribution in [2.24, 2.45) is 0 Å². The average Bonchev–Trinajstić information content (AvgIpc) is 2.79. The summed E-state index contributed by atoms with van der Waals surface area (Å²) in [6, 6.07) is 14.3. The normalized spacial score (nSPS) is 13.6. The van der Waals surface area contributed by atoms with E-state index in [0.29, 0.717) is 62.2 Å². The topological polar surface area (TPSA) is 89.1 Å². The standard InChI is InChI=1S/C22H27N3O5/c1-28-13-14-30-20-7-5-18(6-8-20)24-21(26)16-23-19-4-2-3-17(15-19)22(27)25-9-11-29-12-10-25/h2-8,15,23H,9-14,16H2,1H3,(H,24,26). The Hall–Kier alpha value is -3.10. The molecule has 2 N–H and O–H groups in total. The number of amides is 2. The van der Waals surface area contributed by atoms with Gasteiger partial charge in [-0.15, -0.1) is 0 Å². The largest absolute Gasteiger partial charge is 0.491 e. The van der Waals surface area contributed by atoms with Crippen molar-refractivity contribution in [2.75, 3.05) is 63.8 Å². The first-order chi connectivity index (χ1) is 14.7. The fourth-order valence-corrected chi connectivity index (χ4v) is 2.98. The number of nitrogens with zero attached hydrogens (tertiary/aromatic N) is 1. The summed E-state index contributed by atoms with van der Waals surface area (Å²) in [6.07, 6.45) is 0. The molecule has 30 heavy (non-hydrogen) atoms. The summed E-state index contributed by atoms with van der Waals surface area (Å²) in [5.41, 5.74) is 1.98. The molecule has 0 atom stereocenters. The fourth-order valence-electron chi connectivity index (χ4n) is 2.98. The van der Waals surface area contributed by atoms with E-state index in [9.17, 15) is 9.59 Å². The maximum atomic E-state index is 12.6. The summed E-state index contributed by atoms with van der Waals surface area (Å²) in [4.78, 5) is 26.6. The van der Waals surface area contributed by atoms with E-state index in [4.69, 9.17) is 14.2 Å². The SMILES string of the molecule is COCCOc1ccc(NC(=O)CNc2cccc(C(=O)N3CCOCC3)c2)cc1. The van der Waals surface area contributed by atoms with Crippen LogP contribution in [0.2, 0.25) is 0 Å². The van der Waals surface area contributed by atoms with Gasteiger partial charge in [0.25, 0.3) is 5.91 Å². The second-order valence-corrected chi connectivity index (χ2v) is 6.75. The number of carbonyl (C=O) groups is 2. The molecule has 0 radical (unpaired) electrons. The number of ether oxygens (including phenoxy) is 3. The molecule has 2 aromatic rings. The Balaban J connectivity index is 1.48. The molecule has 1 aliphatic rings. The molecule has 0 aromatic heterocycles. The molecule has 0 unspecified atom stereocenters. The lowest BCUT2D eigenvalue weighted by Gasteiger charge is -2.27. The lowest BCUT2D eigenvalue weighted by Crippen LogP contribution is -2.40. The number of hydrogen-bond donors (Lipinski definition) is 2. The van der Waals surface area contributed by atoms with E-state index in [2.05, 4.69) is 10.6 Å². The van der Waals surface area contributed by atoms with Crippen LogP contribution in [0.5, 0.6) is 5.75 Å². The van der Waals surface area contributed by atoms with Crippen molar-refractivity contribution in [1.29, 1.82) is 0 Å². The highest BCUT2D eigenvalue weighted by Crippen LogP contribution is 2.16. The Morgan fingerprint density at radius 3 is 2.53 bits per heavy atom. The molecule has 8 nitrogen and oxygen atoms in total. The van der Waals surface area contributed by atoms with Crippen LogP contribution in [0.25, 0.3) is 0 Å². The molecular formula is C22H27N3O5. The highest BCUT2D eigenvalue weighted by atomic mass is 16.5. The number of methoxy groups -OCH3 is 1. The zero-order valence-corrected chi connectivity index (χ0v) is 17.1. The third kappa shape index (κ3) is 6.47. The Labute approximate surface area is 176 Å². The minimum Gasteiger partial charge on any atom is -0.491 e. The van der Waals surface area contributed by atoms with Crippen LogP contribution in [0.1, 0.15) is 10.4 Å². The number of nitrogens with one attached hydrogen (secondary N) is 2. The number of anilines is 2. The van der Waals surface area contributed by atoms with Crippen LogP contribution >= 0.6 is 0 Å². The van der Waals surface area contributed by atoms with Crippen LogP contribution in [0.4, 0.5) is 11.4 Å². The smallest absolute Gasteiger partial charge is 0.254 e. The third-order valence-electron chi connectivity index (χ3n) is 4.56. The van der Waals surface area contributed by atoms with Gasteiger partial charge in [0.15, 0.2) is 0 Å². The van der Waals surface area contributed by atoms with E-state index in [1.54, 1.807) is 54.5 Å². The van der Waals surface area contributed by atoms with Gasteiger partial charge in [0.05, 0.1) is 26.4 Å². The lowest BCUT2D eigenvalue weighted by atomic mass is 10.1. The fraction of sp³-hybridized carbons (Fsp3) is 0.364. The molecule has 1 aliphatic heterocycles. The van der Waals surface area contributed by atoms with Gasteiger partial charge in [-0.25, -0.2) is 0 Å². The highest BCUT2D eigenvalue weighted by molar-refractivity contribution is 5.96. The average molecular weight is 413 g/mol. The molecule has 0 bridgehead atoms. The van der Waals surface area contributed by atoms with E-state index in [1.807, 2.05) is 6.07 Å². The van der Waals surface area contributed by atoms with Crippen molar-refractivity contribution < 1.29 is 23.8 Å². The first-order valence-electron chi connectivity index (χ1n) is 9.88. The summed E-state index contributed by atoms with van der Waals surface area (Å²) >= 11 is 0. The predicted octanol–water partition coefficient (Wildman–Crippen LogP) is 2.23. The zero-order chi connectivity index (χ0) is 21.2. The molecule has 3 rings (SSSR count). The van der Waals surface area contributed by atoms with Crippen LogP contribution in [-0.4, -0.2) is 69.9 Å². The van der Waals surface area contributed by atoms with Gasteiger partial charge in [0, 0.05) is 37.1 Å². The van der Waals surface area contributed by atoms with Crippen molar-refractivity contribution in [3.05, 3.63) is 54.1 Å². The number of hydrogen-bond acceptors (Lipinski definition) is 6. The van der Waals surface area contributed by atoms with Gasteiger partial charge in [-0.1, -0.05) is 6.07 Å². The predicted molar refractivity (Wildman–Crippen MR) is 114 cm³/mol. The molecule has 0 saturated carbocycles. The van der Waals surface area contributed by atoms with Crippen LogP contribution in [-0.2, 0) is 14.3 Å². The lowest BCUT2D eigenvalue weighted by molar-refractivity contribution is -0.114. The van der Waals surface area contributed by atoms with E-state index in [1.165, 1.54) is 0 Å². The minimum absolute atomic E-state index is 0.0285. The second-order valence-electron chi connectivity index (χ2n) is 6.75. The van der Waals surface area contributed by atoms with Crippen LogP contribution in [0.15, 0.2) is 48.5 Å². The molecule has 8 heteroatoms. The third-order valence-corrected chi connectivity index (χ3v) is 4.56. The van der Waals surface area contributed by atoms with Gasteiger partial charge in [0.1, 0.15) is 12.4 Å². The number of rotatable bonds is 9. The number of carbonyl (C=O) groups excluding carboxylic acids is 2. The van der Waals surface area contributed by atoms with E-state index < -0.39 is 0 Å². The van der Waals surface area contributed by atoms with Gasteiger partial charge in [-0.2, -0.15) is 0 Å². The molecule has 1 fully saturated rings. The van der Waals surface area contributed by atoms with Gasteiger partial charge in [-0.05, 0) is 42.5 Å². The summed E-state index contributed by atoms with van der Waals surface area (Å²) in [6.45, 7) is 3.38. The van der Waals surface area contributed by atoms with E-state index >= 15 is 0 Å². The van der Waals surface area contributed by atoms with E-state index in [-0.39, 0.29) is 18.4 Å². The Morgan fingerprint density at radius 2 is 1.80 bits per heavy atom. The molecular weight excluding hydrogens is 386 g/mol. The summed E-state index contributed by atoms with van der Waals surface area (Å²) < 4.78 is 15.7. The molecule has 0 spiro atoms. The van der Waals surface area contributed by atoms with E-state index in [0.717, 1.165) is 0 Å². The minimum atomic E-state index is -0.187.